The molecule has 0 unspecified atom stereocenters. The minimum atomic E-state index is -4.38. The Morgan fingerprint density at radius 1 is 1.40 bits per heavy atom. The number of rotatable bonds is 3. The number of alkyl halides is 3. The van der Waals surface area contributed by atoms with Gasteiger partial charge in [-0.2, -0.15) is 13.2 Å². The van der Waals surface area contributed by atoms with Crippen molar-refractivity contribution < 1.29 is 18.0 Å². The molecule has 1 aromatic rings. The number of hydrogen-bond acceptors (Lipinski definition) is 2. The monoisotopic (exact) mass is 286 g/mol. The lowest BCUT2D eigenvalue weighted by atomic mass is 10.1. The van der Waals surface area contributed by atoms with E-state index in [0.29, 0.717) is 6.42 Å². The normalized spacial score (nSPS) is 17.8. The molecule has 0 bridgehead atoms. The van der Waals surface area contributed by atoms with E-state index >= 15 is 0 Å². The molecule has 1 N–H and O–H groups in total. The van der Waals surface area contributed by atoms with Gasteiger partial charge in [-0.3, -0.25) is 4.79 Å². The van der Waals surface area contributed by atoms with Crippen LogP contribution < -0.4 is 5.32 Å². The van der Waals surface area contributed by atoms with Gasteiger partial charge in [0.15, 0.2) is 0 Å². The van der Waals surface area contributed by atoms with Crippen molar-refractivity contribution >= 4 is 11.6 Å². The minimum Gasteiger partial charge on any atom is -0.373 e. The number of nitrogens with zero attached hydrogens (tertiary/aromatic N) is 1. The third kappa shape index (κ3) is 3.23. The number of carbonyl (C=O) groups is 1. The number of amides is 1. The van der Waals surface area contributed by atoms with Crippen LogP contribution in [0.5, 0.6) is 0 Å². The molecule has 1 aliphatic heterocycles. The fourth-order valence-corrected chi connectivity index (χ4v) is 2.36. The largest absolute Gasteiger partial charge is 0.406 e. The second-order valence-electron chi connectivity index (χ2n) is 5.23. The molecule has 1 amide bonds. The molecule has 3 nitrogen and oxygen atoms in total. The van der Waals surface area contributed by atoms with Crippen LogP contribution in [-0.4, -0.2) is 35.6 Å². The molecule has 0 saturated heterocycles. The highest BCUT2D eigenvalue weighted by atomic mass is 19.4. The Balaban J connectivity index is 2.11. The molecule has 2 rings (SSSR count). The third-order valence-corrected chi connectivity index (χ3v) is 3.33. The third-order valence-electron chi connectivity index (χ3n) is 3.33. The zero-order valence-corrected chi connectivity index (χ0v) is 11.4. The first-order valence-corrected chi connectivity index (χ1v) is 6.49. The fourth-order valence-electron chi connectivity index (χ4n) is 2.36. The Bertz CT molecular complexity index is 474. The van der Waals surface area contributed by atoms with Crippen LogP contribution in [0.15, 0.2) is 24.3 Å². The summed E-state index contributed by atoms with van der Waals surface area (Å²) in [5.74, 6) is -0.506. The molecule has 1 heterocycles. The number of carbonyl (C=O) groups excluding carboxylic acids is 1. The second-order valence-corrected chi connectivity index (χ2v) is 5.23. The van der Waals surface area contributed by atoms with Crippen molar-refractivity contribution in [1.29, 1.82) is 0 Å². The zero-order chi connectivity index (χ0) is 14.9. The summed E-state index contributed by atoms with van der Waals surface area (Å²) in [7, 11) is 0. The number of hydrogen-bond donors (Lipinski definition) is 1. The number of nitrogens with one attached hydrogen (secondary N) is 1. The average Bonchev–Trinajstić information content (AvgIpc) is 2.77. The summed E-state index contributed by atoms with van der Waals surface area (Å²) in [6.45, 7) is 1.97. The summed E-state index contributed by atoms with van der Waals surface area (Å²) < 4.78 is 37.7. The van der Waals surface area contributed by atoms with Gasteiger partial charge in [0, 0.05) is 18.2 Å². The average molecular weight is 286 g/mol. The first-order valence-electron chi connectivity index (χ1n) is 6.49. The van der Waals surface area contributed by atoms with Gasteiger partial charge in [-0.15, -0.1) is 0 Å². The highest BCUT2D eigenvalue weighted by molar-refractivity contribution is 5.87. The van der Waals surface area contributed by atoms with Crippen molar-refractivity contribution in [2.75, 3.05) is 11.9 Å². The van der Waals surface area contributed by atoms with Gasteiger partial charge >= 0.3 is 6.18 Å². The molecule has 110 valence electrons. The van der Waals surface area contributed by atoms with Gasteiger partial charge < -0.3 is 10.2 Å². The van der Waals surface area contributed by atoms with Gasteiger partial charge in [-0.1, -0.05) is 18.2 Å². The second kappa shape index (κ2) is 5.34. The fraction of sp³-hybridized carbons (Fsp3) is 0.500. The van der Waals surface area contributed by atoms with E-state index in [1.165, 1.54) is 0 Å². The van der Waals surface area contributed by atoms with Crippen molar-refractivity contribution in [2.24, 2.45) is 0 Å². The predicted octanol–water partition coefficient (Wildman–Crippen LogP) is 2.82. The zero-order valence-electron chi connectivity index (χ0n) is 11.4. The van der Waals surface area contributed by atoms with Crippen LogP contribution in [0.25, 0.3) is 0 Å². The minimum absolute atomic E-state index is 0.427. The highest BCUT2D eigenvalue weighted by Gasteiger charge is 2.38. The van der Waals surface area contributed by atoms with E-state index < -0.39 is 30.7 Å². The van der Waals surface area contributed by atoms with Crippen LogP contribution in [0, 0.1) is 0 Å². The lowest BCUT2D eigenvalue weighted by Gasteiger charge is -2.30. The van der Waals surface area contributed by atoms with Crippen molar-refractivity contribution in [2.45, 2.75) is 38.5 Å². The van der Waals surface area contributed by atoms with Crippen LogP contribution in [0.4, 0.5) is 18.9 Å². The molecular formula is C14H17F3N2O. The summed E-state index contributed by atoms with van der Waals surface area (Å²) >= 11 is 0. The summed E-state index contributed by atoms with van der Waals surface area (Å²) in [5.41, 5.74) is 1.78. The summed E-state index contributed by atoms with van der Waals surface area (Å²) in [6, 6.07) is 6.27. The lowest BCUT2D eigenvalue weighted by Crippen LogP contribution is -2.49. The molecule has 0 aromatic heterocycles. The van der Waals surface area contributed by atoms with Crippen molar-refractivity contribution in [1.82, 2.24) is 4.90 Å². The topological polar surface area (TPSA) is 32.3 Å². The van der Waals surface area contributed by atoms with Crippen LogP contribution >= 0.6 is 0 Å². The van der Waals surface area contributed by atoms with E-state index in [2.05, 4.69) is 5.32 Å². The van der Waals surface area contributed by atoms with Crippen LogP contribution in [0.2, 0.25) is 0 Å². The quantitative estimate of drug-likeness (QED) is 0.926. The molecule has 1 atom stereocenters. The van der Waals surface area contributed by atoms with Crippen molar-refractivity contribution in [3.8, 4) is 0 Å². The molecule has 0 aliphatic carbocycles. The number of para-hydroxylation sites is 1. The summed E-state index contributed by atoms with van der Waals surface area (Å²) in [6.07, 6.45) is -3.96. The van der Waals surface area contributed by atoms with Gasteiger partial charge in [0.2, 0.25) is 5.91 Å². The molecular weight excluding hydrogens is 269 g/mol. The van der Waals surface area contributed by atoms with Gasteiger partial charge in [0.25, 0.3) is 0 Å². The van der Waals surface area contributed by atoms with Gasteiger partial charge in [-0.25, -0.2) is 0 Å². The van der Waals surface area contributed by atoms with Crippen molar-refractivity contribution in [3.05, 3.63) is 29.8 Å². The maximum atomic E-state index is 12.6. The van der Waals surface area contributed by atoms with E-state index in [-0.39, 0.29) is 0 Å². The van der Waals surface area contributed by atoms with E-state index in [4.69, 9.17) is 0 Å². The number of benzene rings is 1. The van der Waals surface area contributed by atoms with Gasteiger partial charge in [0.05, 0.1) is 0 Å². The maximum Gasteiger partial charge on any atom is 0.406 e. The molecule has 1 aliphatic rings. The Labute approximate surface area is 115 Å². The smallest absolute Gasteiger partial charge is 0.373 e. The van der Waals surface area contributed by atoms with E-state index in [9.17, 15) is 18.0 Å². The number of halogens is 3. The Morgan fingerprint density at radius 2 is 2.05 bits per heavy atom. The van der Waals surface area contributed by atoms with Crippen LogP contribution in [0.3, 0.4) is 0 Å². The first-order chi connectivity index (χ1) is 9.28. The van der Waals surface area contributed by atoms with Gasteiger partial charge in [0.1, 0.15) is 12.6 Å². The van der Waals surface area contributed by atoms with E-state index in [1.807, 2.05) is 24.3 Å². The molecule has 0 saturated carbocycles. The lowest BCUT2D eigenvalue weighted by molar-refractivity contribution is -0.165. The molecule has 6 heteroatoms. The Kier molecular flexibility index (Phi) is 3.92. The Hall–Kier alpha value is -1.72. The van der Waals surface area contributed by atoms with E-state index in [1.54, 1.807) is 13.8 Å². The van der Waals surface area contributed by atoms with Crippen molar-refractivity contribution in [3.63, 3.8) is 0 Å². The summed E-state index contributed by atoms with van der Waals surface area (Å²) in [5, 5.41) is 3.00. The standard InChI is InChI=1S/C14H17F3N2O/c1-9(2)19(8-14(15,16)17)13(20)12-7-10-5-3-4-6-11(10)18-12/h3-6,9,12,18H,7-8H2,1-2H3/t12-/m0/s1. The van der Waals surface area contributed by atoms with Crippen LogP contribution in [0.1, 0.15) is 19.4 Å². The number of fused-ring (bicyclic) bond motifs is 1. The highest BCUT2D eigenvalue weighted by Crippen LogP contribution is 2.27. The molecule has 0 radical (unpaired) electrons. The molecule has 1 aromatic carbocycles. The summed E-state index contributed by atoms with van der Waals surface area (Å²) in [4.78, 5) is 13.2. The predicted molar refractivity (Wildman–Crippen MR) is 70.5 cm³/mol. The van der Waals surface area contributed by atoms with Crippen LogP contribution in [-0.2, 0) is 11.2 Å². The SMILES string of the molecule is CC(C)N(CC(F)(F)F)C(=O)[C@@H]1Cc2ccccc2N1. The number of anilines is 1. The Morgan fingerprint density at radius 3 is 2.60 bits per heavy atom. The van der Waals surface area contributed by atoms with E-state index in [0.717, 1.165) is 16.2 Å². The molecule has 20 heavy (non-hydrogen) atoms. The molecule has 0 fully saturated rings. The molecule has 0 spiro atoms. The maximum absolute atomic E-state index is 12.6. The first kappa shape index (κ1) is 14.7. The van der Waals surface area contributed by atoms with Gasteiger partial charge in [-0.05, 0) is 25.5 Å².